The summed E-state index contributed by atoms with van der Waals surface area (Å²) in [5.74, 6) is 1.06. The SMILES string of the molecule is CCCCCCn1c(N[C@H](C)c2cc(Cl)ccc2O)nc2ccccc21. The zero-order valence-corrected chi connectivity index (χ0v) is 16.1. The van der Waals surface area contributed by atoms with Crippen LogP contribution in [0.5, 0.6) is 5.75 Å². The van der Waals surface area contributed by atoms with Gasteiger partial charge in [-0.2, -0.15) is 0 Å². The summed E-state index contributed by atoms with van der Waals surface area (Å²) in [6.45, 7) is 5.15. The molecular formula is C21H26ClN3O. The Labute approximate surface area is 159 Å². The molecule has 26 heavy (non-hydrogen) atoms. The molecule has 1 heterocycles. The molecule has 0 aliphatic rings. The molecule has 0 aliphatic carbocycles. The molecule has 0 fully saturated rings. The van der Waals surface area contributed by atoms with Gasteiger partial charge in [-0.15, -0.1) is 0 Å². The number of aromatic nitrogens is 2. The van der Waals surface area contributed by atoms with E-state index in [-0.39, 0.29) is 11.8 Å². The van der Waals surface area contributed by atoms with Crippen molar-refractivity contribution in [2.24, 2.45) is 0 Å². The maximum atomic E-state index is 10.2. The van der Waals surface area contributed by atoms with Crippen molar-refractivity contribution < 1.29 is 5.11 Å². The maximum absolute atomic E-state index is 10.2. The first-order valence-electron chi connectivity index (χ1n) is 9.30. The number of aromatic hydroxyl groups is 1. The lowest BCUT2D eigenvalue weighted by Gasteiger charge is -2.18. The molecule has 0 amide bonds. The van der Waals surface area contributed by atoms with E-state index in [4.69, 9.17) is 16.6 Å². The predicted molar refractivity (Wildman–Crippen MR) is 109 cm³/mol. The van der Waals surface area contributed by atoms with Crippen LogP contribution in [0.15, 0.2) is 42.5 Å². The van der Waals surface area contributed by atoms with Crippen molar-refractivity contribution in [3.05, 3.63) is 53.1 Å². The second-order valence-corrected chi connectivity index (χ2v) is 7.14. The van der Waals surface area contributed by atoms with Gasteiger partial charge in [0, 0.05) is 17.1 Å². The number of phenolic OH excluding ortho intramolecular Hbond substituents is 1. The first-order chi connectivity index (χ1) is 12.6. The third-order valence-electron chi connectivity index (χ3n) is 4.69. The molecule has 0 bridgehead atoms. The molecule has 0 saturated heterocycles. The Balaban J connectivity index is 1.87. The van der Waals surface area contributed by atoms with Gasteiger partial charge >= 0.3 is 0 Å². The van der Waals surface area contributed by atoms with Gasteiger partial charge in [-0.1, -0.05) is 49.9 Å². The average Bonchev–Trinajstić information content (AvgIpc) is 2.98. The van der Waals surface area contributed by atoms with Gasteiger partial charge in [0.2, 0.25) is 5.95 Å². The molecule has 0 aliphatic heterocycles. The van der Waals surface area contributed by atoms with E-state index in [1.807, 2.05) is 25.1 Å². The van der Waals surface area contributed by atoms with E-state index in [1.165, 1.54) is 19.3 Å². The van der Waals surface area contributed by atoms with Crippen LogP contribution in [0.2, 0.25) is 5.02 Å². The van der Waals surface area contributed by atoms with E-state index in [2.05, 4.69) is 22.9 Å². The molecule has 1 atom stereocenters. The van der Waals surface area contributed by atoms with Gasteiger partial charge in [-0.05, 0) is 43.7 Å². The van der Waals surface area contributed by atoms with E-state index in [9.17, 15) is 5.11 Å². The lowest BCUT2D eigenvalue weighted by atomic mass is 10.1. The highest BCUT2D eigenvalue weighted by molar-refractivity contribution is 6.30. The van der Waals surface area contributed by atoms with Crippen molar-refractivity contribution in [1.82, 2.24) is 9.55 Å². The number of imidazole rings is 1. The summed E-state index contributed by atoms with van der Waals surface area (Å²) in [6.07, 6.45) is 4.82. The minimum Gasteiger partial charge on any atom is -0.508 e. The summed E-state index contributed by atoms with van der Waals surface area (Å²) in [6, 6.07) is 13.2. The molecule has 3 aromatic rings. The van der Waals surface area contributed by atoms with Crippen molar-refractivity contribution in [2.45, 2.75) is 52.1 Å². The zero-order valence-electron chi connectivity index (χ0n) is 15.4. The highest BCUT2D eigenvalue weighted by atomic mass is 35.5. The monoisotopic (exact) mass is 371 g/mol. The summed E-state index contributed by atoms with van der Waals surface area (Å²) in [4.78, 5) is 4.77. The van der Waals surface area contributed by atoms with Crippen LogP contribution in [0.1, 0.15) is 51.1 Å². The van der Waals surface area contributed by atoms with Crippen molar-refractivity contribution in [3.8, 4) is 5.75 Å². The quantitative estimate of drug-likeness (QED) is 0.467. The second kappa shape index (κ2) is 8.45. The van der Waals surface area contributed by atoms with Gasteiger partial charge in [-0.25, -0.2) is 4.98 Å². The van der Waals surface area contributed by atoms with Gasteiger partial charge in [0.05, 0.1) is 17.1 Å². The molecule has 5 heteroatoms. The minimum atomic E-state index is -0.111. The summed E-state index contributed by atoms with van der Waals surface area (Å²) >= 11 is 6.10. The fourth-order valence-corrected chi connectivity index (χ4v) is 3.43. The fourth-order valence-electron chi connectivity index (χ4n) is 3.25. The minimum absolute atomic E-state index is 0.111. The standard InChI is InChI=1S/C21H26ClN3O/c1-3-4-5-8-13-25-19-10-7-6-9-18(19)24-21(25)23-15(2)17-14-16(22)11-12-20(17)26/h6-7,9-12,14-15,26H,3-5,8,13H2,1-2H3,(H,23,24)/t15-/m1/s1. The lowest BCUT2D eigenvalue weighted by molar-refractivity contribution is 0.465. The van der Waals surface area contributed by atoms with Gasteiger partial charge in [0.1, 0.15) is 5.75 Å². The van der Waals surface area contributed by atoms with Crippen molar-refractivity contribution >= 4 is 28.6 Å². The Morgan fingerprint density at radius 1 is 1.15 bits per heavy atom. The molecule has 2 N–H and O–H groups in total. The Morgan fingerprint density at radius 2 is 1.96 bits per heavy atom. The molecule has 4 nitrogen and oxygen atoms in total. The Morgan fingerprint density at radius 3 is 2.77 bits per heavy atom. The lowest BCUT2D eigenvalue weighted by Crippen LogP contribution is -2.12. The van der Waals surface area contributed by atoms with Crippen LogP contribution in [-0.4, -0.2) is 14.7 Å². The van der Waals surface area contributed by atoms with E-state index in [0.717, 1.165) is 35.5 Å². The van der Waals surface area contributed by atoms with Crippen molar-refractivity contribution in [2.75, 3.05) is 5.32 Å². The number of benzene rings is 2. The number of phenols is 1. The molecule has 2 aromatic carbocycles. The molecule has 0 spiro atoms. The first kappa shape index (κ1) is 18.6. The number of anilines is 1. The van der Waals surface area contributed by atoms with Crippen LogP contribution in [0.25, 0.3) is 11.0 Å². The van der Waals surface area contributed by atoms with E-state index in [1.54, 1.807) is 18.2 Å². The molecule has 3 rings (SSSR count). The maximum Gasteiger partial charge on any atom is 0.204 e. The summed E-state index contributed by atoms with van der Waals surface area (Å²) in [5, 5.41) is 14.2. The molecule has 1 aromatic heterocycles. The molecule has 0 radical (unpaired) electrons. The van der Waals surface area contributed by atoms with Crippen LogP contribution < -0.4 is 5.32 Å². The fraction of sp³-hybridized carbons (Fsp3) is 0.381. The molecule has 0 saturated carbocycles. The third-order valence-corrected chi connectivity index (χ3v) is 4.93. The average molecular weight is 372 g/mol. The van der Waals surface area contributed by atoms with Crippen LogP contribution in [-0.2, 0) is 6.54 Å². The van der Waals surface area contributed by atoms with Gasteiger partial charge < -0.3 is 15.0 Å². The topological polar surface area (TPSA) is 50.1 Å². The van der Waals surface area contributed by atoms with Gasteiger partial charge in [0.15, 0.2) is 0 Å². The Kier molecular flexibility index (Phi) is 6.04. The number of hydrogen-bond donors (Lipinski definition) is 2. The normalized spacial score (nSPS) is 12.4. The van der Waals surface area contributed by atoms with Crippen molar-refractivity contribution in [3.63, 3.8) is 0 Å². The largest absolute Gasteiger partial charge is 0.508 e. The molecule has 138 valence electrons. The number of unbranched alkanes of at least 4 members (excludes halogenated alkanes) is 3. The number of aryl methyl sites for hydroxylation is 1. The summed E-state index contributed by atoms with van der Waals surface area (Å²) in [7, 11) is 0. The number of para-hydroxylation sites is 2. The number of fused-ring (bicyclic) bond motifs is 1. The highest BCUT2D eigenvalue weighted by Gasteiger charge is 2.16. The number of nitrogens with one attached hydrogen (secondary N) is 1. The molecular weight excluding hydrogens is 346 g/mol. The van der Waals surface area contributed by atoms with Crippen LogP contribution in [0.3, 0.4) is 0 Å². The number of rotatable bonds is 8. The van der Waals surface area contributed by atoms with Crippen LogP contribution >= 0.6 is 11.6 Å². The second-order valence-electron chi connectivity index (χ2n) is 6.71. The predicted octanol–water partition coefficient (Wildman–Crippen LogP) is 6.15. The zero-order chi connectivity index (χ0) is 18.5. The summed E-state index contributed by atoms with van der Waals surface area (Å²) < 4.78 is 2.24. The Hall–Kier alpha value is -2.20. The van der Waals surface area contributed by atoms with E-state index >= 15 is 0 Å². The van der Waals surface area contributed by atoms with Crippen LogP contribution in [0.4, 0.5) is 5.95 Å². The van der Waals surface area contributed by atoms with E-state index < -0.39 is 0 Å². The highest BCUT2D eigenvalue weighted by Crippen LogP contribution is 2.30. The van der Waals surface area contributed by atoms with Crippen molar-refractivity contribution in [1.29, 1.82) is 0 Å². The summed E-state index contributed by atoms with van der Waals surface area (Å²) in [5.41, 5.74) is 2.88. The number of hydrogen-bond acceptors (Lipinski definition) is 3. The number of nitrogens with zero attached hydrogens (tertiary/aromatic N) is 2. The third kappa shape index (κ3) is 4.13. The molecule has 0 unspecified atom stereocenters. The van der Waals surface area contributed by atoms with Gasteiger partial charge in [-0.3, -0.25) is 0 Å². The first-order valence-corrected chi connectivity index (χ1v) is 9.68. The Bertz CT molecular complexity index is 875. The van der Waals surface area contributed by atoms with Crippen LogP contribution in [0, 0.1) is 0 Å². The van der Waals surface area contributed by atoms with Gasteiger partial charge in [0.25, 0.3) is 0 Å². The smallest absolute Gasteiger partial charge is 0.204 e. The number of halogens is 1. The van der Waals surface area contributed by atoms with E-state index in [0.29, 0.717) is 5.02 Å².